The highest BCUT2D eigenvalue weighted by Gasteiger charge is 2.28. The number of amides is 1. The van der Waals surface area contributed by atoms with Gasteiger partial charge in [0.25, 0.3) is 5.91 Å². The fourth-order valence-corrected chi connectivity index (χ4v) is 5.30. The fraction of sp³-hybridized carbons (Fsp3) is 0.167. The number of hydrogen-bond acceptors (Lipinski definition) is 7. The van der Waals surface area contributed by atoms with Gasteiger partial charge in [-0.1, -0.05) is 29.5 Å². The predicted molar refractivity (Wildman–Crippen MR) is 183 cm³/mol. The lowest BCUT2D eigenvalue weighted by Gasteiger charge is -2.20. The van der Waals surface area contributed by atoms with E-state index in [2.05, 4.69) is 33.9 Å². The average Bonchev–Trinajstić information content (AvgIpc) is 3.22. The molecule has 5 rings (SSSR count). The molecule has 0 radical (unpaired) electrons. The fourth-order valence-electron chi connectivity index (χ4n) is 5.13. The third kappa shape index (κ3) is 6.99. The molecule has 8 nitrogen and oxygen atoms in total. The smallest absolute Gasteiger partial charge is 0.259 e. The number of aliphatic imine (C=N–C) groups is 3. The molecule has 0 spiro atoms. The summed E-state index contributed by atoms with van der Waals surface area (Å²) in [7, 11) is 2.99. The molecule has 0 unspecified atom stereocenters. The van der Waals surface area contributed by atoms with Gasteiger partial charge in [0.2, 0.25) is 0 Å². The normalized spacial score (nSPS) is 14.5. The monoisotopic (exact) mass is 635 g/mol. The quantitative estimate of drug-likeness (QED) is 0.204. The van der Waals surface area contributed by atoms with Gasteiger partial charge >= 0.3 is 0 Å². The second kappa shape index (κ2) is 14.7. The maximum Gasteiger partial charge on any atom is 0.259 e. The highest BCUT2D eigenvalue weighted by atomic mass is 35.5. The van der Waals surface area contributed by atoms with Crippen LogP contribution < -0.4 is 15.8 Å². The SMILES string of the molecule is C=NC1=C(C=Nc2ccc(C(=O)Nc3ccc(C#CCN)cc3)c(OC)c2)CN=C(C2=C(F)CCC=C2OC)c2cc(Cl)ccc21. The Morgan fingerprint density at radius 3 is 2.65 bits per heavy atom. The van der Waals surface area contributed by atoms with Crippen LogP contribution in [0.15, 0.2) is 104 Å². The van der Waals surface area contributed by atoms with Crippen molar-refractivity contribution in [3.05, 3.63) is 117 Å². The van der Waals surface area contributed by atoms with Crippen molar-refractivity contribution in [2.24, 2.45) is 20.7 Å². The van der Waals surface area contributed by atoms with E-state index in [0.29, 0.717) is 73.6 Å². The van der Waals surface area contributed by atoms with Crippen molar-refractivity contribution in [2.75, 3.05) is 32.6 Å². The molecule has 0 fully saturated rings. The minimum atomic E-state index is -0.344. The zero-order valence-corrected chi connectivity index (χ0v) is 26.1. The summed E-state index contributed by atoms with van der Waals surface area (Å²) in [5.41, 5.74) is 10.9. The van der Waals surface area contributed by atoms with Gasteiger partial charge in [0.05, 0.1) is 55.5 Å². The van der Waals surface area contributed by atoms with E-state index in [-0.39, 0.29) is 31.2 Å². The predicted octanol–water partition coefficient (Wildman–Crippen LogP) is 7.08. The summed E-state index contributed by atoms with van der Waals surface area (Å²) >= 11 is 6.39. The molecular formula is C36H31ClFN5O3. The van der Waals surface area contributed by atoms with Crippen LogP contribution in [0, 0.1) is 11.8 Å². The minimum Gasteiger partial charge on any atom is -0.496 e. The second-order valence-corrected chi connectivity index (χ2v) is 10.6. The Morgan fingerprint density at radius 2 is 1.93 bits per heavy atom. The molecule has 10 heteroatoms. The summed E-state index contributed by atoms with van der Waals surface area (Å²) < 4.78 is 26.4. The molecule has 3 aromatic rings. The molecule has 3 N–H and O–H groups in total. The Labute approximate surface area is 271 Å². The molecule has 1 aliphatic carbocycles. The number of halogens is 2. The first-order valence-corrected chi connectivity index (χ1v) is 14.7. The number of anilines is 1. The van der Waals surface area contributed by atoms with Crippen LogP contribution in [0.3, 0.4) is 0 Å². The van der Waals surface area contributed by atoms with E-state index < -0.39 is 0 Å². The Morgan fingerprint density at radius 1 is 1.13 bits per heavy atom. The van der Waals surface area contributed by atoms with E-state index in [4.69, 9.17) is 31.8 Å². The summed E-state index contributed by atoms with van der Waals surface area (Å²) in [5, 5.41) is 3.34. The summed E-state index contributed by atoms with van der Waals surface area (Å²) in [6, 6.07) is 17.4. The Bertz CT molecular complexity index is 1910. The van der Waals surface area contributed by atoms with E-state index in [1.165, 1.54) is 14.2 Å². The molecular weight excluding hydrogens is 605 g/mol. The molecule has 0 saturated carbocycles. The second-order valence-electron chi connectivity index (χ2n) is 10.2. The van der Waals surface area contributed by atoms with E-state index in [0.717, 1.165) is 5.56 Å². The Hall–Kier alpha value is -5.30. The Balaban J connectivity index is 1.45. The third-order valence-electron chi connectivity index (χ3n) is 7.31. The van der Waals surface area contributed by atoms with Crippen LogP contribution >= 0.6 is 11.6 Å². The van der Waals surface area contributed by atoms with Crippen molar-refractivity contribution >= 4 is 53.2 Å². The van der Waals surface area contributed by atoms with Crippen molar-refractivity contribution in [3.8, 4) is 17.6 Å². The maximum absolute atomic E-state index is 15.3. The van der Waals surface area contributed by atoms with Crippen LogP contribution in [0.2, 0.25) is 5.02 Å². The number of nitrogens with one attached hydrogen (secondary N) is 1. The third-order valence-corrected chi connectivity index (χ3v) is 7.54. The topological polar surface area (TPSA) is 111 Å². The van der Waals surface area contributed by atoms with E-state index in [9.17, 15) is 4.79 Å². The molecule has 46 heavy (non-hydrogen) atoms. The number of fused-ring (bicyclic) bond motifs is 1. The Kier molecular flexibility index (Phi) is 10.2. The number of nitrogens with zero attached hydrogens (tertiary/aromatic N) is 3. The number of carbonyl (C=O) groups excluding carboxylic acids is 1. The number of rotatable bonds is 8. The van der Waals surface area contributed by atoms with Crippen LogP contribution in [-0.4, -0.2) is 51.9 Å². The highest BCUT2D eigenvalue weighted by molar-refractivity contribution is 6.31. The van der Waals surface area contributed by atoms with Gasteiger partial charge in [0, 0.05) is 51.7 Å². The number of allylic oxidation sites excluding steroid dienone is 3. The summed E-state index contributed by atoms with van der Waals surface area (Å²) in [4.78, 5) is 26.9. The van der Waals surface area contributed by atoms with Crippen molar-refractivity contribution in [2.45, 2.75) is 12.8 Å². The maximum atomic E-state index is 15.3. The first kappa shape index (κ1) is 32.1. The number of carbonyl (C=O) groups is 1. The number of ether oxygens (including phenoxy) is 2. The molecule has 0 atom stereocenters. The summed E-state index contributed by atoms with van der Waals surface area (Å²) in [6.07, 6.45) is 4.27. The van der Waals surface area contributed by atoms with Crippen LogP contribution in [0.25, 0.3) is 5.70 Å². The largest absolute Gasteiger partial charge is 0.496 e. The molecule has 1 aliphatic heterocycles. The number of nitrogens with two attached hydrogens (primary N) is 1. The van der Waals surface area contributed by atoms with Gasteiger partial charge in [-0.05, 0) is 67.7 Å². The standard InChI is InChI=1S/C36H31ClFN5O3/c1-40-34-23(21-42-35(29-18-24(37)11-15-27(29)34)33-30(38)7-4-8-31(33)45-2)20-41-26-14-16-28(32(19-26)46-3)36(44)43-25-12-9-22(10-13-25)6-5-17-39/h8-16,18-20H,1,4,7,17,21,39H2,2-3H3,(H,43,44). The number of benzene rings is 3. The minimum absolute atomic E-state index is 0.140. The molecule has 232 valence electrons. The lowest BCUT2D eigenvalue weighted by Crippen LogP contribution is -2.14. The molecule has 0 bridgehead atoms. The average molecular weight is 636 g/mol. The van der Waals surface area contributed by atoms with Gasteiger partial charge in [-0.25, -0.2) is 4.39 Å². The van der Waals surface area contributed by atoms with Crippen molar-refractivity contribution in [3.63, 3.8) is 0 Å². The molecule has 1 heterocycles. The molecule has 1 amide bonds. The van der Waals surface area contributed by atoms with Crippen molar-refractivity contribution in [1.29, 1.82) is 0 Å². The van der Waals surface area contributed by atoms with E-state index >= 15 is 4.39 Å². The number of hydrogen-bond donors (Lipinski definition) is 2. The highest BCUT2D eigenvalue weighted by Crippen LogP contribution is 2.36. The van der Waals surface area contributed by atoms with Crippen LogP contribution in [-0.2, 0) is 4.74 Å². The molecule has 3 aromatic carbocycles. The number of methoxy groups -OCH3 is 2. The van der Waals surface area contributed by atoms with Crippen LogP contribution in [0.1, 0.15) is 39.9 Å². The van der Waals surface area contributed by atoms with E-state index in [1.54, 1.807) is 60.8 Å². The van der Waals surface area contributed by atoms with Crippen molar-refractivity contribution < 1.29 is 18.7 Å². The zero-order valence-electron chi connectivity index (χ0n) is 25.4. The van der Waals surface area contributed by atoms with Gasteiger partial charge in [-0.3, -0.25) is 19.8 Å². The van der Waals surface area contributed by atoms with Gasteiger partial charge in [0.1, 0.15) is 17.3 Å². The van der Waals surface area contributed by atoms with Crippen molar-refractivity contribution in [1.82, 2.24) is 0 Å². The van der Waals surface area contributed by atoms with Gasteiger partial charge in [0.15, 0.2) is 0 Å². The van der Waals surface area contributed by atoms with Gasteiger partial charge < -0.3 is 20.5 Å². The first-order chi connectivity index (χ1) is 22.4. The zero-order chi connectivity index (χ0) is 32.6. The first-order valence-electron chi connectivity index (χ1n) is 14.4. The van der Waals surface area contributed by atoms with Crippen LogP contribution in [0.4, 0.5) is 15.8 Å². The van der Waals surface area contributed by atoms with Crippen LogP contribution in [0.5, 0.6) is 5.75 Å². The summed E-state index contributed by atoms with van der Waals surface area (Å²) in [5.74, 6) is 5.85. The molecule has 2 aliphatic rings. The van der Waals surface area contributed by atoms with Gasteiger partial charge in [-0.15, -0.1) is 0 Å². The summed E-state index contributed by atoms with van der Waals surface area (Å²) in [6.45, 7) is 4.21. The molecule has 0 saturated heterocycles. The van der Waals surface area contributed by atoms with Gasteiger partial charge in [-0.2, -0.15) is 0 Å². The lowest BCUT2D eigenvalue weighted by atomic mass is 9.91. The molecule has 0 aromatic heterocycles. The lowest BCUT2D eigenvalue weighted by molar-refractivity contribution is 0.102. The van der Waals surface area contributed by atoms with E-state index in [1.807, 2.05) is 12.1 Å².